The lowest BCUT2D eigenvalue weighted by atomic mass is 10.2. The summed E-state index contributed by atoms with van der Waals surface area (Å²) in [5, 5.41) is 8.91. The number of hydrogen-bond acceptors (Lipinski definition) is 2. The summed E-state index contributed by atoms with van der Waals surface area (Å²) in [5.74, 6) is -0.774. The van der Waals surface area contributed by atoms with Gasteiger partial charge in [-0.3, -0.25) is 4.79 Å². The van der Waals surface area contributed by atoms with Crippen LogP contribution in [0, 0.1) is 0 Å². The van der Waals surface area contributed by atoms with Gasteiger partial charge in [0, 0.05) is 12.2 Å². The molecule has 0 spiro atoms. The van der Waals surface area contributed by atoms with E-state index in [2.05, 4.69) is 6.92 Å². The molecule has 3 heteroatoms. The fourth-order valence-electron chi connectivity index (χ4n) is 1.83. The summed E-state index contributed by atoms with van der Waals surface area (Å²) >= 11 is 0. The van der Waals surface area contributed by atoms with Gasteiger partial charge in [0.25, 0.3) is 0 Å². The van der Waals surface area contributed by atoms with E-state index in [1.54, 1.807) is 0 Å². The van der Waals surface area contributed by atoms with Crippen molar-refractivity contribution in [2.24, 2.45) is 0 Å². The fraction of sp³-hybridized carbons (Fsp3) is 0.500. The molecule has 0 saturated carbocycles. The number of carboxylic acids is 1. The number of nitrogens with zero attached hydrogens (tertiary/aromatic N) is 1. The quantitative estimate of drug-likeness (QED) is 0.704. The van der Waals surface area contributed by atoms with Gasteiger partial charge in [0.2, 0.25) is 0 Å². The van der Waals surface area contributed by atoms with E-state index >= 15 is 0 Å². The second-order valence-corrected chi connectivity index (χ2v) is 4.21. The second-order valence-electron chi connectivity index (χ2n) is 4.21. The molecule has 1 N–H and O–H groups in total. The van der Waals surface area contributed by atoms with Crippen LogP contribution in [0.1, 0.15) is 32.6 Å². The summed E-state index contributed by atoms with van der Waals surface area (Å²) in [6.45, 7) is 3.07. The predicted molar refractivity (Wildman–Crippen MR) is 70.4 cm³/mol. The molecule has 0 aromatic heterocycles. The summed E-state index contributed by atoms with van der Waals surface area (Å²) in [4.78, 5) is 12.8. The molecule has 0 bridgehead atoms. The third-order valence-corrected chi connectivity index (χ3v) is 2.73. The Bertz CT molecular complexity index is 324. The lowest BCUT2D eigenvalue weighted by Gasteiger charge is -2.22. The molecule has 0 amide bonds. The predicted octanol–water partition coefficient (Wildman–Crippen LogP) is 3.16. The number of benzene rings is 1. The third-order valence-electron chi connectivity index (χ3n) is 2.73. The first-order valence-corrected chi connectivity index (χ1v) is 6.26. The highest BCUT2D eigenvalue weighted by Crippen LogP contribution is 2.14. The van der Waals surface area contributed by atoms with E-state index in [9.17, 15) is 4.79 Å². The smallest absolute Gasteiger partial charge is 0.323 e. The number of carboxylic acid groups (broad SMARTS) is 1. The lowest BCUT2D eigenvalue weighted by Crippen LogP contribution is -2.30. The molecular weight excluding hydrogens is 214 g/mol. The number of anilines is 1. The molecule has 0 aliphatic heterocycles. The summed E-state index contributed by atoms with van der Waals surface area (Å²) in [6.07, 6.45) is 4.63. The van der Waals surface area contributed by atoms with Gasteiger partial charge in [-0.1, -0.05) is 44.4 Å². The Balaban J connectivity index is 2.52. The maximum absolute atomic E-state index is 10.8. The highest BCUT2D eigenvalue weighted by atomic mass is 16.4. The van der Waals surface area contributed by atoms with Gasteiger partial charge >= 0.3 is 5.97 Å². The maximum atomic E-state index is 10.8. The van der Waals surface area contributed by atoms with E-state index < -0.39 is 5.97 Å². The molecule has 3 nitrogen and oxygen atoms in total. The number of hydrogen-bond donors (Lipinski definition) is 1. The number of aliphatic carboxylic acids is 1. The molecule has 1 rings (SSSR count). The minimum Gasteiger partial charge on any atom is -0.480 e. The molecule has 0 atom stereocenters. The van der Waals surface area contributed by atoms with Crippen molar-refractivity contribution < 1.29 is 9.90 Å². The van der Waals surface area contributed by atoms with Gasteiger partial charge in [-0.15, -0.1) is 0 Å². The number of rotatable bonds is 8. The molecule has 0 heterocycles. The molecule has 0 aliphatic carbocycles. The van der Waals surface area contributed by atoms with Gasteiger partial charge in [-0.25, -0.2) is 0 Å². The maximum Gasteiger partial charge on any atom is 0.323 e. The van der Waals surface area contributed by atoms with Gasteiger partial charge in [-0.05, 0) is 18.6 Å². The lowest BCUT2D eigenvalue weighted by molar-refractivity contribution is -0.135. The molecule has 17 heavy (non-hydrogen) atoms. The van der Waals surface area contributed by atoms with E-state index in [4.69, 9.17) is 5.11 Å². The highest BCUT2D eigenvalue weighted by molar-refractivity contribution is 5.73. The van der Waals surface area contributed by atoms with Crippen LogP contribution >= 0.6 is 0 Å². The van der Waals surface area contributed by atoms with Crippen molar-refractivity contribution >= 4 is 11.7 Å². The van der Waals surface area contributed by atoms with Crippen LogP contribution in [0.3, 0.4) is 0 Å². The van der Waals surface area contributed by atoms with Gasteiger partial charge < -0.3 is 10.0 Å². The van der Waals surface area contributed by atoms with Gasteiger partial charge in [0.1, 0.15) is 6.54 Å². The normalized spacial score (nSPS) is 10.2. The summed E-state index contributed by atoms with van der Waals surface area (Å²) in [6, 6.07) is 9.75. The zero-order chi connectivity index (χ0) is 12.5. The van der Waals surface area contributed by atoms with E-state index in [-0.39, 0.29) is 6.54 Å². The van der Waals surface area contributed by atoms with Crippen LogP contribution in [0.5, 0.6) is 0 Å². The second kappa shape index (κ2) is 7.71. The molecule has 1 aromatic carbocycles. The van der Waals surface area contributed by atoms with Crippen molar-refractivity contribution in [2.75, 3.05) is 18.0 Å². The van der Waals surface area contributed by atoms with Gasteiger partial charge in [0.05, 0.1) is 0 Å². The number of carbonyl (C=O) groups is 1. The minimum absolute atomic E-state index is 0.0795. The standard InChI is InChI=1S/C14H21NO2/c1-2-3-4-8-11-15(12-14(16)17)13-9-6-5-7-10-13/h5-7,9-10H,2-4,8,11-12H2,1H3,(H,16,17). The van der Waals surface area contributed by atoms with Crippen molar-refractivity contribution in [3.8, 4) is 0 Å². The minimum atomic E-state index is -0.774. The molecule has 0 unspecified atom stereocenters. The third kappa shape index (κ3) is 5.38. The topological polar surface area (TPSA) is 40.5 Å². The number of para-hydroxylation sites is 1. The van der Waals surface area contributed by atoms with E-state index in [0.29, 0.717) is 0 Å². The Morgan fingerprint density at radius 1 is 1.18 bits per heavy atom. The van der Waals surface area contributed by atoms with Crippen molar-refractivity contribution in [1.82, 2.24) is 0 Å². The average molecular weight is 235 g/mol. The van der Waals surface area contributed by atoms with E-state index in [1.165, 1.54) is 19.3 Å². The first kappa shape index (κ1) is 13.6. The molecule has 0 fully saturated rings. The molecular formula is C14H21NO2. The monoisotopic (exact) mass is 235 g/mol. The van der Waals surface area contributed by atoms with Crippen molar-refractivity contribution in [1.29, 1.82) is 0 Å². The Morgan fingerprint density at radius 2 is 1.88 bits per heavy atom. The Kier molecular flexibility index (Phi) is 6.15. The highest BCUT2D eigenvalue weighted by Gasteiger charge is 2.09. The molecule has 94 valence electrons. The largest absolute Gasteiger partial charge is 0.480 e. The van der Waals surface area contributed by atoms with E-state index in [0.717, 1.165) is 18.7 Å². The number of unbranched alkanes of at least 4 members (excludes halogenated alkanes) is 3. The SMILES string of the molecule is CCCCCCN(CC(=O)O)c1ccccc1. The molecule has 0 saturated heterocycles. The van der Waals surface area contributed by atoms with Crippen LogP contribution in [0.15, 0.2) is 30.3 Å². The molecule has 1 aromatic rings. The fourth-order valence-corrected chi connectivity index (χ4v) is 1.83. The first-order valence-electron chi connectivity index (χ1n) is 6.26. The van der Waals surface area contributed by atoms with Crippen LogP contribution < -0.4 is 4.90 Å². The average Bonchev–Trinajstić information content (AvgIpc) is 2.34. The van der Waals surface area contributed by atoms with Crippen LogP contribution in [0.4, 0.5) is 5.69 Å². The van der Waals surface area contributed by atoms with Crippen molar-refractivity contribution in [3.63, 3.8) is 0 Å². The Morgan fingerprint density at radius 3 is 2.47 bits per heavy atom. The van der Waals surface area contributed by atoms with Crippen LogP contribution in [-0.2, 0) is 4.79 Å². The Hall–Kier alpha value is -1.51. The van der Waals surface area contributed by atoms with Crippen LogP contribution in [0.2, 0.25) is 0 Å². The Labute approximate surface area is 103 Å². The van der Waals surface area contributed by atoms with Crippen LogP contribution in [0.25, 0.3) is 0 Å². The van der Waals surface area contributed by atoms with Gasteiger partial charge in [-0.2, -0.15) is 0 Å². The summed E-state index contributed by atoms with van der Waals surface area (Å²) < 4.78 is 0. The first-order chi connectivity index (χ1) is 8.24. The summed E-state index contributed by atoms with van der Waals surface area (Å²) in [5.41, 5.74) is 0.992. The zero-order valence-corrected chi connectivity index (χ0v) is 10.4. The van der Waals surface area contributed by atoms with Gasteiger partial charge in [0.15, 0.2) is 0 Å². The van der Waals surface area contributed by atoms with Crippen molar-refractivity contribution in [2.45, 2.75) is 32.6 Å². The zero-order valence-electron chi connectivity index (χ0n) is 10.4. The van der Waals surface area contributed by atoms with E-state index in [1.807, 2.05) is 35.2 Å². The molecule has 0 radical (unpaired) electrons. The van der Waals surface area contributed by atoms with Crippen molar-refractivity contribution in [3.05, 3.63) is 30.3 Å². The molecule has 0 aliphatic rings. The summed E-state index contributed by atoms with van der Waals surface area (Å²) in [7, 11) is 0. The van der Waals surface area contributed by atoms with Crippen LogP contribution in [-0.4, -0.2) is 24.2 Å².